The SMILES string of the molecule is c1ccc2c(-c3ncc[nH]3)coc2c1. The van der Waals surface area contributed by atoms with Crippen molar-refractivity contribution >= 4 is 11.0 Å². The molecule has 1 N–H and O–H groups in total. The van der Waals surface area contributed by atoms with E-state index in [1.165, 1.54) is 0 Å². The standard InChI is InChI=1S/C11H8N2O/c1-2-4-10-8(3-1)9(7-14-10)11-12-5-6-13-11/h1-7H,(H,12,13). The minimum atomic E-state index is 0.843. The van der Waals surface area contributed by atoms with Gasteiger partial charge >= 0.3 is 0 Å². The van der Waals surface area contributed by atoms with Crippen LogP contribution in [0.4, 0.5) is 0 Å². The van der Waals surface area contributed by atoms with Crippen molar-refractivity contribution in [2.75, 3.05) is 0 Å². The first-order chi connectivity index (χ1) is 6.95. The van der Waals surface area contributed by atoms with Gasteiger partial charge in [0, 0.05) is 17.8 Å². The number of fused-ring (bicyclic) bond motifs is 1. The van der Waals surface area contributed by atoms with E-state index in [2.05, 4.69) is 9.97 Å². The normalized spacial score (nSPS) is 10.9. The number of hydrogen-bond donors (Lipinski definition) is 1. The molecule has 0 saturated carbocycles. The molecule has 0 unspecified atom stereocenters. The molecular formula is C11H8N2O. The summed E-state index contributed by atoms with van der Waals surface area (Å²) in [7, 11) is 0. The van der Waals surface area contributed by atoms with E-state index >= 15 is 0 Å². The van der Waals surface area contributed by atoms with Gasteiger partial charge in [0.15, 0.2) is 0 Å². The molecule has 2 heterocycles. The molecule has 2 aromatic heterocycles. The fraction of sp³-hybridized carbons (Fsp3) is 0. The predicted molar refractivity (Wildman–Crippen MR) is 53.8 cm³/mol. The van der Waals surface area contributed by atoms with Crippen molar-refractivity contribution in [2.45, 2.75) is 0 Å². The third-order valence-electron chi connectivity index (χ3n) is 2.23. The summed E-state index contributed by atoms with van der Waals surface area (Å²) < 4.78 is 5.41. The molecule has 3 nitrogen and oxygen atoms in total. The maximum Gasteiger partial charge on any atom is 0.141 e. The summed E-state index contributed by atoms with van der Waals surface area (Å²) in [5.41, 5.74) is 1.89. The highest BCUT2D eigenvalue weighted by molar-refractivity contribution is 5.91. The Balaban J connectivity index is 2.33. The molecule has 68 valence electrons. The summed E-state index contributed by atoms with van der Waals surface area (Å²) in [5.74, 6) is 0.843. The van der Waals surface area contributed by atoms with E-state index in [1.54, 1.807) is 18.7 Å². The highest BCUT2D eigenvalue weighted by Gasteiger charge is 2.08. The van der Waals surface area contributed by atoms with E-state index in [0.29, 0.717) is 0 Å². The van der Waals surface area contributed by atoms with Crippen LogP contribution in [0.15, 0.2) is 47.3 Å². The Morgan fingerprint density at radius 3 is 3.00 bits per heavy atom. The Kier molecular flexibility index (Phi) is 1.44. The number of aromatic amines is 1. The van der Waals surface area contributed by atoms with E-state index in [0.717, 1.165) is 22.4 Å². The van der Waals surface area contributed by atoms with Gasteiger partial charge in [-0.25, -0.2) is 4.98 Å². The summed E-state index contributed by atoms with van der Waals surface area (Å²) >= 11 is 0. The van der Waals surface area contributed by atoms with Gasteiger partial charge in [-0.3, -0.25) is 0 Å². The quantitative estimate of drug-likeness (QED) is 0.631. The van der Waals surface area contributed by atoms with Gasteiger partial charge in [0.25, 0.3) is 0 Å². The highest BCUT2D eigenvalue weighted by atomic mass is 16.3. The number of para-hydroxylation sites is 1. The Bertz CT molecular complexity index is 551. The molecular weight excluding hydrogens is 176 g/mol. The third-order valence-corrected chi connectivity index (χ3v) is 2.23. The average Bonchev–Trinajstić information content (AvgIpc) is 2.85. The molecule has 0 aliphatic rings. The second-order valence-electron chi connectivity index (χ2n) is 3.08. The zero-order valence-corrected chi connectivity index (χ0v) is 7.40. The summed E-state index contributed by atoms with van der Waals surface area (Å²) in [4.78, 5) is 7.25. The molecule has 0 bridgehead atoms. The number of benzene rings is 1. The molecule has 0 atom stereocenters. The van der Waals surface area contributed by atoms with Gasteiger partial charge in [0.05, 0.1) is 5.56 Å². The number of hydrogen-bond acceptors (Lipinski definition) is 2. The van der Waals surface area contributed by atoms with Gasteiger partial charge in [-0.1, -0.05) is 18.2 Å². The average molecular weight is 184 g/mol. The Labute approximate surface area is 80.4 Å². The maximum atomic E-state index is 5.41. The summed E-state index contributed by atoms with van der Waals surface area (Å²) in [5, 5.41) is 1.09. The molecule has 3 heteroatoms. The van der Waals surface area contributed by atoms with Crippen LogP contribution in [0.1, 0.15) is 0 Å². The van der Waals surface area contributed by atoms with Crippen LogP contribution >= 0.6 is 0 Å². The first-order valence-corrected chi connectivity index (χ1v) is 4.41. The van der Waals surface area contributed by atoms with Crippen LogP contribution in [-0.2, 0) is 0 Å². The van der Waals surface area contributed by atoms with E-state index in [9.17, 15) is 0 Å². The maximum absolute atomic E-state index is 5.41. The highest BCUT2D eigenvalue weighted by Crippen LogP contribution is 2.27. The number of furan rings is 1. The first-order valence-electron chi connectivity index (χ1n) is 4.41. The van der Waals surface area contributed by atoms with E-state index in [-0.39, 0.29) is 0 Å². The van der Waals surface area contributed by atoms with Crippen LogP contribution in [0, 0.1) is 0 Å². The lowest BCUT2D eigenvalue weighted by Gasteiger charge is -1.90. The van der Waals surface area contributed by atoms with Crippen molar-refractivity contribution in [3.63, 3.8) is 0 Å². The van der Waals surface area contributed by atoms with Gasteiger partial charge in [-0.2, -0.15) is 0 Å². The zero-order valence-electron chi connectivity index (χ0n) is 7.40. The smallest absolute Gasteiger partial charge is 0.141 e. The van der Waals surface area contributed by atoms with Crippen molar-refractivity contribution in [2.24, 2.45) is 0 Å². The van der Waals surface area contributed by atoms with E-state index in [1.807, 2.05) is 24.3 Å². The number of rotatable bonds is 1. The summed E-state index contributed by atoms with van der Waals surface area (Å²) in [6.45, 7) is 0. The van der Waals surface area contributed by atoms with Gasteiger partial charge in [-0.05, 0) is 6.07 Å². The molecule has 3 aromatic rings. The van der Waals surface area contributed by atoms with Crippen LogP contribution in [0.3, 0.4) is 0 Å². The first kappa shape index (κ1) is 7.38. The summed E-state index contributed by atoms with van der Waals surface area (Å²) in [6, 6.07) is 7.92. The van der Waals surface area contributed by atoms with E-state index < -0.39 is 0 Å². The minimum absolute atomic E-state index is 0.843. The third kappa shape index (κ3) is 0.956. The Morgan fingerprint density at radius 1 is 1.21 bits per heavy atom. The molecule has 0 saturated heterocycles. The lowest BCUT2D eigenvalue weighted by Crippen LogP contribution is -1.76. The fourth-order valence-electron chi connectivity index (χ4n) is 1.57. The van der Waals surface area contributed by atoms with Crippen molar-refractivity contribution < 1.29 is 4.42 Å². The second kappa shape index (κ2) is 2.73. The van der Waals surface area contributed by atoms with Gasteiger partial charge in [0.1, 0.15) is 17.7 Å². The van der Waals surface area contributed by atoms with Crippen LogP contribution in [0.5, 0.6) is 0 Å². The van der Waals surface area contributed by atoms with Crippen molar-refractivity contribution in [3.8, 4) is 11.4 Å². The number of imidazole rings is 1. The molecule has 0 aliphatic heterocycles. The van der Waals surface area contributed by atoms with Gasteiger partial charge in [-0.15, -0.1) is 0 Å². The fourth-order valence-corrected chi connectivity index (χ4v) is 1.57. The second-order valence-corrected chi connectivity index (χ2v) is 3.08. The molecule has 0 aliphatic carbocycles. The molecule has 0 spiro atoms. The van der Waals surface area contributed by atoms with Gasteiger partial charge < -0.3 is 9.40 Å². The minimum Gasteiger partial charge on any atom is -0.464 e. The number of nitrogens with one attached hydrogen (secondary N) is 1. The number of nitrogens with zero attached hydrogens (tertiary/aromatic N) is 1. The monoisotopic (exact) mass is 184 g/mol. The van der Waals surface area contributed by atoms with Crippen molar-refractivity contribution in [3.05, 3.63) is 42.9 Å². The van der Waals surface area contributed by atoms with Crippen LogP contribution in [-0.4, -0.2) is 9.97 Å². The lowest BCUT2D eigenvalue weighted by molar-refractivity contribution is 0.616. The molecule has 0 amide bonds. The topological polar surface area (TPSA) is 41.8 Å². The van der Waals surface area contributed by atoms with Crippen LogP contribution < -0.4 is 0 Å². The molecule has 14 heavy (non-hydrogen) atoms. The largest absolute Gasteiger partial charge is 0.464 e. The van der Waals surface area contributed by atoms with Crippen LogP contribution in [0.2, 0.25) is 0 Å². The molecule has 3 rings (SSSR count). The molecule has 1 aromatic carbocycles. The number of aromatic nitrogens is 2. The van der Waals surface area contributed by atoms with Crippen molar-refractivity contribution in [1.29, 1.82) is 0 Å². The van der Waals surface area contributed by atoms with Crippen molar-refractivity contribution in [1.82, 2.24) is 9.97 Å². The predicted octanol–water partition coefficient (Wildman–Crippen LogP) is 2.82. The molecule has 0 fully saturated rings. The lowest BCUT2D eigenvalue weighted by atomic mass is 10.2. The Morgan fingerprint density at radius 2 is 2.14 bits per heavy atom. The Hall–Kier alpha value is -2.03. The van der Waals surface area contributed by atoms with Gasteiger partial charge in [0.2, 0.25) is 0 Å². The molecule has 0 radical (unpaired) electrons. The van der Waals surface area contributed by atoms with Crippen LogP contribution in [0.25, 0.3) is 22.4 Å². The summed E-state index contributed by atoms with van der Waals surface area (Å²) in [6.07, 6.45) is 5.26. The van der Waals surface area contributed by atoms with E-state index in [4.69, 9.17) is 4.42 Å². The number of H-pyrrole nitrogens is 1. The zero-order chi connectivity index (χ0) is 9.38.